The quantitative estimate of drug-likeness (QED) is 0.495. The highest BCUT2D eigenvalue weighted by molar-refractivity contribution is 5.37. The minimum atomic E-state index is -4.62. The summed E-state index contributed by atoms with van der Waals surface area (Å²) in [5.74, 6) is -0.858. The fourth-order valence-corrected chi connectivity index (χ4v) is 1.85. The van der Waals surface area contributed by atoms with Crippen molar-refractivity contribution < 1.29 is 22.5 Å². The van der Waals surface area contributed by atoms with Crippen LogP contribution in [0.4, 0.5) is 23.2 Å². The van der Waals surface area contributed by atoms with Crippen LogP contribution in [0.2, 0.25) is 0 Å². The average Bonchev–Trinajstić information content (AvgIpc) is 2.75. The van der Waals surface area contributed by atoms with Crippen molar-refractivity contribution in [3.05, 3.63) is 50.8 Å². The van der Waals surface area contributed by atoms with Gasteiger partial charge in [-0.25, -0.2) is 9.37 Å². The van der Waals surface area contributed by atoms with Crippen molar-refractivity contribution in [2.75, 3.05) is 0 Å². The number of aryl methyl sites for hydroxylation is 2. The maximum Gasteiger partial charge on any atom is 0.435 e. The molecule has 0 aliphatic carbocycles. The third-order valence-electron chi connectivity index (χ3n) is 2.98. The first kappa shape index (κ1) is 15.9. The molecule has 0 aromatic carbocycles. The van der Waals surface area contributed by atoms with Crippen LogP contribution in [-0.2, 0) is 12.7 Å². The number of rotatable bonds is 3. The maximum absolute atomic E-state index is 13.4. The van der Waals surface area contributed by atoms with Crippen LogP contribution in [0.5, 0.6) is 0 Å². The number of nitro groups is 1. The van der Waals surface area contributed by atoms with Crippen molar-refractivity contribution in [2.45, 2.75) is 26.6 Å². The van der Waals surface area contributed by atoms with E-state index in [2.05, 4.69) is 10.1 Å². The van der Waals surface area contributed by atoms with Crippen LogP contribution in [0.1, 0.15) is 22.8 Å². The lowest BCUT2D eigenvalue weighted by Crippen LogP contribution is -2.12. The summed E-state index contributed by atoms with van der Waals surface area (Å²) in [6.45, 7) is 2.32. The number of halogens is 4. The molecule has 2 rings (SSSR count). The van der Waals surface area contributed by atoms with E-state index in [1.165, 1.54) is 13.8 Å². The second kappa shape index (κ2) is 5.35. The zero-order chi connectivity index (χ0) is 16.7. The van der Waals surface area contributed by atoms with Crippen molar-refractivity contribution in [3.63, 3.8) is 0 Å². The topological polar surface area (TPSA) is 73.8 Å². The van der Waals surface area contributed by atoms with Crippen LogP contribution in [0.3, 0.4) is 0 Å². The molecule has 0 aliphatic rings. The Morgan fingerprint density at radius 2 is 1.95 bits per heavy atom. The van der Waals surface area contributed by atoms with Gasteiger partial charge in [0.05, 0.1) is 23.2 Å². The summed E-state index contributed by atoms with van der Waals surface area (Å²) in [6.07, 6.45) is -4.62. The Labute approximate surface area is 121 Å². The summed E-state index contributed by atoms with van der Waals surface area (Å²) in [6, 6.07) is 1.52. The molecule has 118 valence electrons. The molecule has 0 unspecified atom stereocenters. The highest BCUT2D eigenvalue weighted by Gasteiger charge is 2.34. The van der Waals surface area contributed by atoms with Crippen molar-refractivity contribution >= 4 is 5.69 Å². The van der Waals surface area contributed by atoms with E-state index < -0.39 is 28.3 Å². The van der Waals surface area contributed by atoms with Gasteiger partial charge in [0.15, 0.2) is 11.5 Å². The van der Waals surface area contributed by atoms with E-state index in [0.29, 0.717) is 6.07 Å². The monoisotopic (exact) mass is 318 g/mol. The van der Waals surface area contributed by atoms with Gasteiger partial charge in [0.25, 0.3) is 5.69 Å². The zero-order valence-electron chi connectivity index (χ0n) is 11.5. The van der Waals surface area contributed by atoms with Gasteiger partial charge in [0.2, 0.25) is 0 Å². The Morgan fingerprint density at radius 3 is 2.45 bits per heavy atom. The lowest BCUT2D eigenvalue weighted by atomic mass is 10.2. The summed E-state index contributed by atoms with van der Waals surface area (Å²) >= 11 is 0. The van der Waals surface area contributed by atoms with Crippen molar-refractivity contribution in [1.82, 2.24) is 14.8 Å². The summed E-state index contributed by atoms with van der Waals surface area (Å²) in [5, 5.41) is 14.3. The molecule has 0 aliphatic heterocycles. The van der Waals surface area contributed by atoms with Crippen LogP contribution in [0.15, 0.2) is 12.1 Å². The SMILES string of the molecule is Cc1nc(Cn2nc(C(F)(F)F)cc2C)c([N+](=O)[O-])cc1F. The number of alkyl halides is 3. The molecule has 2 aromatic rings. The Bertz CT molecular complexity index is 739. The highest BCUT2D eigenvalue weighted by atomic mass is 19.4. The van der Waals surface area contributed by atoms with Crippen molar-refractivity contribution in [1.29, 1.82) is 0 Å². The van der Waals surface area contributed by atoms with E-state index in [0.717, 1.165) is 10.7 Å². The molecule has 2 heterocycles. The molecule has 0 radical (unpaired) electrons. The first-order chi connectivity index (χ1) is 10.1. The summed E-state index contributed by atoms with van der Waals surface area (Å²) in [4.78, 5) is 13.8. The molecule has 0 N–H and O–H groups in total. The summed E-state index contributed by atoms with van der Waals surface area (Å²) < 4.78 is 52.1. The minimum Gasteiger partial charge on any atom is -0.263 e. The lowest BCUT2D eigenvalue weighted by Gasteiger charge is -2.07. The Balaban J connectivity index is 2.45. The standard InChI is InChI=1S/C12H10F4N4O2/c1-6-3-11(12(14,15)16)18-19(6)5-9-10(20(21)22)4-8(13)7(2)17-9/h3-4H,5H2,1-2H3. The highest BCUT2D eigenvalue weighted by Crippen LogP contribution is 2.29. The molecule has 2 aromatic heterocycles. The molecular formula is C12H10F4N4O2. The lowest BCUT2D eigenvalue weighted by molar-refractivity contribution is -0.386. The van der Waals surface area contributed by atoms with E-state index in [4.69, 9.17) is 0 Å². The second-order valence-electron chi connectivity index (χ2n) is 4.60. The minimum absolute atomic E-state index is 0.0820. The molecule has 22 heavy (non-hydrogen) atoms. The molecule has 0 spiro atoms. The maximum atomic E-state index is 13.4. The van der Waals surface area contributed by atoms with Gasteiger partial charge in [0.1, 0.15) is 5.69 Å². The second-order valence-corrected chi connectivity index (χ2v) is 4.60. The van der Waals surface area contributed by atoms with E-state index in [1.54, 1.807) is 0 Å². The van der Waals surface area contributed by atoms with Crippen LogP contribution in [0, 0.1) is 29.8 Å². The van der Waals surface area contributed by atoms with Crippen molar-refractivity contribution in [2.24, 2.45) is 0 Å². The van der Waals surface area contributed by atoms with Gasteiger partial charge in [0, 0.05) is 5.69 Å². The smallest absolute Gasteiger partial charge is 0.263 e. The van der Waals surface area contributed by atoms with E-state index >= 15 is 0 Å². The van der Waals surface area contributed by atoms with Gasteiger partial charge in [-0.15, -0.1) is 0 Å². The largest absolute Gasteiger partial charge is 0.435 e. The molecule has 0 saturated carbocycles. The van der Waals surface area contributed by atoms with E-state index in [1.807, 2.05) is 0 Å². The van der Waals surface area contributed by atoms with Gasteiger partial charge in [-0.1, -0.05) is 0 Å². The van der Waals surface area contributed by atoms with Gasteiger partial charge in [-0.2, -0.15) is 18.3 Å². The van der Waals surface area contributed by atoms with Crippen LogP contribution in [-0.4, -0.2) is 19.7 Å². The molecule has 0 amide bonds. The molecular weight excluding hydrogens is 308 g/mol. The predicted molar refractivity (Wildman–Crippen MR) is 66.7 cm³/mol. The Morgan fingerprint density at radius 1 is 1.32 bits per heavy atom. The van der Waals surface area contributed by atoms with Gasteiger partial charge in [-0.3, -0.25) is 14.8 Å². The van der Waals surface area contributed by atoms with E-state index in [-0.39, 0.29) is 23.6 Å². The molecule has 0 atom stereocenters. The fraction of sp³-hybridized carbons (Fsp3) is 0.333. The van der Waals surface area contributed by atoms with E-state index in [9.17, 15) is 27.7 Å². The molecule has 0 bridgehead atoms. The summed E-state index contributed by atoms with van der Waals surface area (Å²) in [5.41, 5.74) is -1.80. The van der Waals surface area contributed by atoms with Crippen LogP contribution in [0.25, 0.3) is 0 Å². The first-order valence-electron chi connectivity index (χ1n) is 6.01. The molecule has 0 saturated heterocycles. The number of hydrogen-bond donors (Lipinski definition) is 0. The van der Waals surface area contributed by atoms with Gasteiger partial charge < -0.3 is 0 Å². The number of hydrogen-bond acceptors (Lipinski definition) is 4. The van der Waals surface area contributed by atoms with Gasteiger partial charge in [-0.05, 0) is 19.9 Å². The average molecular weight is 318 g/mol. The third-order valence-corrected chi connectivity index (χ3v) is 2.98. The van der Waals surface area contributed by atoms with Crippen LogP contribution < -0.4 is 0 Å². The number of nitrogens with zero attached hydrogens (tertiary/aromatic N) is 4. The molecule has 0 fully saturated rings. The first-order valence-corrected chi connectivity index (χ1v) is 6.01. The molecule has 10 heteroatoms. The zero-order valence-corrected chi connectivity index (χ0v) is 11.5. The van der Waals surface area contributed by atoms with Crippen LogP contribution >= 0.6 is 0 Å². The summed E-state index contributed by atoms with van der Waals surface area (Å²) in [7, 11) is 0. The fourth-order valence-electron chi connectivity index (χ4n) is 1.85. The van der Waals surface area contributed by atoms with Crippen molar-refractivity contribution in [3.8, 4) is 0 Å². The predicted octanol–water partition coefficient (Wildman–Crippen LogP) is 3.01. The van der Waals surface area contributed by atoms with Gasteiger partial charge >= 0.3 is 6.18 Å². The Kier molecular flexibility index (Phi) is 3.86. The third kappa shape index (κ3) is 3.05. The number of aromatic nitrogens is 3. The molecule has 6 nitrogen and oxygen atoms in total. The number of pyridine rings is 1. The Hall–Kier alpha value is -2.52. The normalized spacial score (nSPS) is 11.7.